The molecule has 0 aliphatic carbocycles. The Balaban J connectivity index is 1.68. The van der Waals surface area contributed by atoms with Crippen LogP contribution in [-0.4, -0.2) is 26.5 Å². The number of hydrogen-bond donors (Lipinski definition) is 2. The highest BCUT2D eigenvalue weighted by atomic mass is 32.2. The fourth-order valence-corrected chi connectivity index (χ4v) is 2.90. The van der Waals surface area contributed by atoms with E-state index in [-0.39, 0.29) is 28.2 Å². The number of nitrogen functional groups attached to an aromatic ring is 1. The highest BCUT2D eigenvalue weighted by Crippen LogP contribution is 2.24. The molecule has 0 saturated carbocycles. The van der Waals surface area contributed by atoms with Gasteiger partial charge in [-0.3, -0.25) is 4.79 Å². The summed E-state index contributed by atoms with van der Waals surface area (Å²) >= 11 is 1.04. The van der Waals surface area contributed by atoms with Gasteiger partial charge in [0.1, 0.15) is 11.6 Å². The van der Waals surface area contributed by atoms with E-state index in [1.54, 1.807) is 25.1 Å². The van der Waals surface area contributed by atoms with Crippen molar-refractivity contribution in [1.82, 2.24) is 14.9 Å². The van der Waals surface area contributed by atoms with E-state index in [2.05, 4.69) is 15.5 Å². The number of aryl methyl sites for hydroxylation is 1. The van der Waals surface area contributed by atoms with Crippen molar-refractivity contribution in [3.05, 3.63) is 59.7 Å². The number of carbonyl (C=O) groups is 1. The number of nitrogens with one attached hydrogen (secondary N) is 1. The maximum Gasteiger partial charge on any atom is 0.234 e. The molecule has 0 radical (unpaired) electrons. The van der Waals surface area contributed by atoms with Crippen molar-refractivity contribution in [2.75, 3.05) is 16.9 Å². The van der Waals surface area contributed by atoms with Gasteiger partial charge in [-0.05, 0) is 36.8 Å². The van der Waals surface area contributed by atoms with Crippen molar-refractivity contribution in [3.8, 4) is 11.4 Å². The summed E-state index contributed by atoms with van der Waals surface area (Å²) in [5, 5.41) is 10.7. The Bertz CT molecular complexity index is 960. The maximum absolute atomic E-state index is 13.9. The van der Waals surface area contributed by atoms with Gasteiger partial charge in [0, 0.05) is 5.69 Å². The molecule has 0 spiro atoms. The third-order valence-electron chi connectivity index (χ3n) is 3.59. The van der Waals surface area contributed by atoms with E-state index in [1.165, 1.54) is 24.3 Å². The number of nitrogens with two attached hydrogens (primary N) is 1. The van der Waals surface area contributed by atoms with Crippen LogP contribution in [-0.2, 0) is 4.79 Å². The lowest BCUT2D eigenvalue weighted by molar-refractivity contribution is -0.113. The number of anilines is 1. The average Bonchev–Trinajstić information content (AvgIpc) is 2.97. The highest BCUT2D eigenvalue weighted by molar-refractivity contribution is 7.99. The molecule has 9 heteroatoms. The molecule has 26 heavy (non-hydrogen) atoms. The molecular formula is C17H15F2N5OS. The summed E-state index contributed by atoms with van der Waals surface area (Å²) in [6.45, 7) is 1.76. The molecule has 0 aliphatic heterocycles. The Hall–Kier alpha value is -2.94. The van der Waals surface area contributed by atoms with Gasteiger partial charge < -0.3 is 11.2 Å². The second-order valence-corrected chi connectivity index (χ2v) is 6.39. The van der Waals surface area contributed by atoms with E-state index in [0.717, 1.165) is 22.0 Å². The van der Waals surface area contributed by atoms with Crippen LogP contribution in [0.25, 0.3) is 11.4 Å². The number of aromatic nitrogens is 3. The van der Waals surface area contributed by atoms with E-state index in [9.17, 15) is 13.6 Å². The molecule has 0 aliphatic rings. The van der Waals surface area contributed by atoms with E-state index >= 15 is 0 Å². The Kier molecular flexibility index (Phi) is 5.17. The van der Waals surface area contributed by atoms with Gasteiger partial charge in [-0.15, -0.1) is 10.2 Å². The fraction of sp³-hybridized carbons (Fsp3) is 0.118. The standard InChI is InChI=1S/C17H15F2N5OS/c1-10-6-7-11(18)8-14(10)21-15(25)9-26-17-23-22-16(24(17)20)12-4-2-3-5-13(12)19/h2-8H,9,20H2,1H3,(H,21,25). The minimum absolute atomic E-state index is 0.0114. The molecule has 0 unspecified atom stereocenters. The zero-order valence-corrected chi connectivity index (χ0v) is 14.6. The quantitative estimate of drug-likeness (QED) is 0.529. The number of benzene rings is 2. The van der Waals surface area contributed by atoms with Gasteiger partial charge in [-0.1, -0.05) is 30.0 Å². The molecule has 3 rings (SSSR count). The van der Waals surface area contributed by atoms with Crippen LogP contribution in [0, 0.1) is 18.6 Å². The number of thioether (sulfide) groups is 1. The molecule has 0 fully saturated rings. The zero-order chi connectivity index (χ0) is 18.7. The number of halogens is 2. The summed E-state index contributed by atoms with van der Waals surface area (Å²) in [6.07, 6.45) is 0. The predicted octanol–water partition coefficient (Wildman–Crippen LogP) is 2.98. The highest BCUT2D eigenvalue weighted by Gasteiger charge is 2.16. The Morgan fingerprint density at radius 2 is 2.00 bits per heavy atom. The number of nitrogens with zero attached hydrogens (tertiary/aromatic N) is 3. The number of carbonyl (C=O) groups excluding carboxylic acids is 1. The van der Waals surface area contributed by atoms with Crippen molar-refractivity contribution in [1.29, 1.82) is 0 Å². The van der Waals surface area contributed by atoms with Crippen molar-refractivity contribution in [3.63, 3.8) is 0 Å². The monoisotopic (exact) mass is 375 g/mol. The third-order valence-corrected chi connectivity index (χ3v) is 4.53. The van der Waals surface area contributed by atoms with Gasteiger partial charge in [-0.25, -0.2) is 13.5 Å². The Labute approximate surface area is 152 Å². The molecule has 0 atom stereocenters. The predicted molar refractivity (Wildman–Crippen MR) is 96.1 cm³/mol. The van der Waals surface area contributed by atoms with Gasteiger partial charge in [0.05, 0.1) is 11.3 Å². The minimum atomic E-state index is -0.470. The van der Waals surface area contributed by atoms with E-state index in [4.69, 9.17) is 5.84 Å². The minimum Gasteiger partial charge on any atom is -0.335 e. The lowest BCUT2D eigenvalue weighted by Crippen LogP contribution is -2.17. The lowest BCUT2D eigenvalue weighted by atomic mass is 10.2. The molecule has 134 valence electrons. The second-order valence-electron chi connectivity index (χ2n) is 5.45. The summed E-state index contributed by atoms with van der Waals surface area (Å²) < 4.78 is 28.3. The van der Waals surface area contributed by atoms with Crippen molar-refractivity contribution in [2.24, 2.45) is 0 Å². The van der Waals surface area contributed by atoms with Gasteiger partial charge in [0.2, 0.25) is 11.1 Å². The van der Waals surface area contributed by atoms with Crippen molar-refractivity contribution in [2.45, 2.75) is 12.1 Å². The normalized spacial score (nSPS) is 10.7. The largest absolute Gasteiger partial charge is 0.335 e. The van der Waals surface area contributed by atoms with Crippen molar-refractivity contribution < 1.29 is 13.6 Å². The number of rotatable bonds is 5. The fourth-order valence-electron chi connectivity index (χ4n) is 2.25. The second kappa shape index (κ2) is 7.52. The first kappa shape index (κ1) is 17.9. The molecule has 0 saturated heterocycles. The molecule has 1 amide bonds. The first-order chi connectivity index (χ1) is 12.5. The number of hydrogen-bond acceptors (Lipinski definition) is 5. The number of amides is 1. The van der Waals surface area contributed by atoms with Crippen LogP contribution in [0.3, 0.4) is 0 Å². The topological polar surface area (TPSA) is 85.8 Å². The first-order valence-corrected chi connectivity index (χ1v) is 8.58. The third kappa shape index (κ3) is 3.83. The molecule has 6 nitrogen and oxygen atoms in total. The van der Waals surface area contributed by atoms with Gasteiger partial charge in [-0.2, -0.15) is 0 Å². The first-order valence-electron chi connectivity index (χ1n) is 7.60. The molecule has 2 aromatic carbocycles. The Morgan fingerprint density at radius 3 is 2.77 bits per heavy atom. The lowest BCUT2D eigenvalue weighted by Gasteiger charge is -2.08. The van der Waals surface area contributed by atoms with E-state index < -0.39 is 11.6 Å². The zero-order valence-electron chi connectivity index (χ0n) is 13.7. The summed E-state index contributed by atoms with van der Waals surface area (Å²) in [6, 6.07) is 10.2. The molecule has 1 aromatic heterocycles. The summed E-state index contributed by atoms with van der Waals surface area (Å²) in [7, 11) is 0. The molecule has 0 bridgehead atoms. The van der Waals surface area contributed by atoms with Crippen LogP contribution in [0.2, 0.25) is 0 Å². The van der Waals surface area contributed by atoms with Crippen LogP contribution in [0.1, 0.15) is 5.56 Å². The smallest absolute Gasteiger partial charge is 0.234 e. The van der Waals surface area contributed by atoms with Gasteiger partial charge >= 0.3 is 0 Å². The maximum atomic E-state index is 13.9. The van der Waals surface area contributed by atoms with E-state index in [0.29, 0.717) is 5.69 Å². The summed E-state index contributed by atoms with van der Waals surface area (Å²) in [5.41, 5.74) is 1.36. The average molecular weight is 375 g/mol. The SMILES string of the molecule is Cc1ccc(F)cc1NC(=O)CSc1nnc(-c2ccccc2F)n1N. The Morgan fingerprint density at radius 1 is 1.23 bits per heavy atom. The molecule has 3 aromatic rings. The van der Waals surface area contributed by atoms with Crippen LogP contribution in [0.15, 0.2) is 47.6 Å². The summed E-state index contributed by atoms with van der Waals surface area (Å²) in [4.78, 5) is 12.1. The van der Waals surface area contributed by atoms with Crippen LogP contribution < -0.4 is 11.2 Å². The van der Waals surface area contributed by atoms with Crippen LogP contribution >= 0.6 is 11.8 Å². The molecule has 3 N–H and O–H groups in total. The van der Waals surface area contributed by atoms with Crippen molar-refractivity contribution >= 4 is 23.4 Å². The van der Waals surface area contributed by atoms with Gasteiger partial charge in [0.15, 0.2) is 5.82 Å². The van der Waals surface area contributed by atoms with Crippen LogP contribution in [0.4, 0.5) is 14.5 Å². The summed E-state index contributed by atoms with van der Waals surface area (Å²) in [5.74, 6) is 4.80. The van der Waals surface area contributed by atoms with E-state index in [1.807, 2.05) is 0 Å². The van der Waals surface area contributed by atoms with Crippen LogP contribution in [0.5, 0.6) is 0 Å². The molecule has 1 heterocycles. The molecular weight excluding hydrogens is 360 g/mol. The van der Waals surface area contributed by atoms with Gasteiger partial charge in [0.25, 0.3) is 0 Å².